The van der Waals surface area contributed by atoms with Gasteiger partial charge in [0.15, 0.2) is 5.69 Å². The van der Waals surface area contributed by atoms with E-state index < -0.39 is 5.91 Å². The number of halogens is 1. The SMILES string of the molecule is Cc1nc(C(N)=O)c2[nH]c3cc(Br)ccc3c2c1-c1cccc(N)c1C. The molecule has 2 aromatic carbocycles. The molecule has 130 valence electrons. The predicted molar refractivity (Wildman–Crippen MR) is 109 cm³/mol. The maximum atomic E-state index is 12.0. The van der Waals surface area contributed by atoms with Crippen molar-refractivity contribution >= 4 is 49.3 Å². The van der Waals surface area contributed by atoms with Gasteiger partial charge in [0, 0.05) is 37.7 Å². The highest BCUT2D eigenvalue weighted by atomic mass is 79.9. The summed E-state index contributed by atoms with van der Waals surface area (Å²) in [7, 11) is 0. The molecule has 0 spiro atoms. The van der Waals surface area contributed by atoms with E-state index in [1.165, 1.54) is 0 Å². The number of aryl methyl sites for hydroxylation is 1. The normalized spacial score (nSPS) is 11.3. The number of pyridine rings is 1. The first kappa shape index (κ1) is 16.6. The van der Waals surface area contributed by atoms with Crippen LogP contribution in [0.15, 0.2) is 40.9 Å². The van der Waals surface area contributed by atoms with Gasteiger partial charge in [-0.2, -0.15) is 0 Å². The van der Waals surface area contributed by atoms with Gasteiger partial charge in [-0.05, 0) is 43.2 Å². The second-order valence-corrected chi connectivity index (χ2v) is 7.29. The van der Waals surface area contributed by atoms with Crippen molar-refractivity contribution in [1.29, 1.82) is 0 Å². The van der Waals surface area contributed by atoms with Crippen LogP contribution in [0.3, 0.4) is 0 Å². The molecular weight excluding hydrogens is 392 g/mol. The molecule has 26 heavy (non-hydrogen) atoms. The lowest BCUT2D eigenvalue weighted by Crippen LogP contribution is -2.15. The van der Waals surface area contributed by atoms with E-state index in [-0.39, 0.29) is 5.69 Å². The van der Waals surface area contributed by atoms with Crippen molar-refractivity contribution in [2.75, 3.05) is 5.73 Å². The number of aromatic nitrogens is 2. The van der Waals surface area contributed by atoms with E-state index in [4.69, 9.17) is 11.5 Å². The van der Waals surface area contributed by atoms with E-state index in [0.717, 1.165) is 48.8 Å². The summed E-state index contributed by atoms with van der Waals surface area (Å²) in [5.74, 6) is -0.556. The van der Waals surface area contributed by atoms with Crippen LogP contribution in [-0.2, 0) is 0 Å². The monoisotopic (exact) mass is 408 g/mol. The number of primary amides is 1. The summed E-state index contributed by atoms with van der Waals surface area (Å²) in [6.45, 7) is 3.88. The molecule has 4 aromatic rings. The molecule has 0 aliphatic rings. The molecule has 0 saturated carbocycles. The third-order valence-corrected chi connectivity index (χ3v) is 5.26. The number of H-pyrrole nitrogens is 1. The van der Waals surface area contributed by atoms with E-state index in [9.17, 15) is 4.79 Å². The molecule has 2 heterocycles. The van der Waals surface area contributed by atoms with Gasteiger partial charge in [0.2, 0.25) is 0 Å². The number of nitrogens with zero attached hydrogens (tertiary/aromatic N) is 1. The first-order chi connectivity index (χ1) is 12.4. The zero-order valence-corrected chi connectivity index (χ0v) is 15.9. The largest absolute Gasteiger partial charge is 0.398 e. The zero-order valence-electron chi connectivity index (χ0n) is 14.4. The Morgan fingerprint density at radius 2 is 1.96 bits per heavy atom. The molecule has 0 aliphatic carbocycles. The summed E-state index contributed by atoms with van der Waals surface area (Å²) in [5.41, 5.74) is 17.9. The van der Waals surface area contributed by atoms with Crippen molar-refractivity contribution in [2.24, 2.45) is 5.73 Å². The van der Waals surface area contributed by atoms with E-state index in [1.54, 1.807) is 0 Å². The molecule has 0 fully saturated rings. The number of fused-ring (bicyclic) bond motifs is 3. The van der Waals surface area contributed by atoms with Gasteiger partial charge in [-0.25, -0.2) is 4.98 Å². The average molecular weight is 409 g/mol. The van der Waals surface area contributed by atoms with Crippen LogP contribution in [0.5, 0.6) is 0 Å². The van der Waals surface area contributed by atoms with Crippen LogP contribution in [0, 0.1) is 13.8 Å². The van der Waals surface area contributed by atoms with Crippen molar-refractivity contribution in [3.05, 3.63) is 57.8 Å². The van der Waals surface area contributed by atoms with Crippen LogP contribution in [0.1, 0.15) is 21.7 Å². The second-order valence-electron chi connectivity index (χ2n) is 6.37. The quantitative estimate of drug-likeness (QED) is 0.427. The maximum Gasteiger partial charge on any atom is 0.269 e. The van der Waals surface area contributed by atoms with Gasteiger partial charge in [0.1, 0.15) is 0 Å². The fraction of sp³-hybridized carbons (Fsp3) is 0.100. The third kappa shape index (κ3) is 2.37. The van der Waals surface area contributed by atoms with Crippen LogP contribution < -0.4 is 11.5 Å². The lowest BCUT2D eigenvalue weighted by molar-refractivity contribution is 0.0997. The first-order valence-electron chi connectivity index (χ1n) is 8.15. The highest BCUT2D eigenvalue weighted by Crippen LogP contribution is 2.40. The maximum absolute atomic E-state index is 12.0. The second kappa shape index (κ2) is 5.85. The minimum absolute atomic E-state index is 0.245. The Hall–Kier alpha value is -2.86. The molecule has 2 aromatic heterocycles. The lowest BCUT2D eigenvalue weighted by atomic mass is 9.93. The first-order valence-corrected chi connectivity index (χ1v) is 8.94. The summed E-state index contributed by atoms with van der Waals surface area (Å²) in [4.78, 5) is 19.8. The summed E-state index contributed by atoms with van der Waals surface area (Å²) in [6.07, 6.45) is 0. The third-order valence-electron chi connectivity index (χ3n) is 4.77. The molecule has 5 N–H and O–H groups in total. The molecule has 4 rings (SSSR count). The number of hydrogen-bond acceptors (Lipinski definition) is 3. The molecule has 6 heteroatoms. The molecular formula is C20H17BrN4O. The Morgan fingerprint density at radius 1 is 1.19 bits per heavy atom. The Bertz CT molecular complexity index is 1210. The molecule has 1 amide bonds. The molecule has 0 atom stereocenters. The standard InChI is InChI=1S/C20H17BrN4O/c1-9-12(4-3-5-14(9)22)16-10(2)24-19(20(23)26)18-17(16)13-7-6-11(21)8-15(13)25-18/h3-8,25H,22H2,1-2H3,(H2,23,26). The number of amides is 1. The van der Waals surface area contributed by atoms with Crippen LogP contribution in [0.2, 0.25) is 0 Å². The number of nitrogens with two attached hydrogens (primary N) is 2. The Kier molecular flexibility index (Phi) is 3.73. The van der Waals surface area contributed by atoms with Crippen molar-refractivity contribution in [2.45, 2.75) is 13.8 Å². The van der Waals surface area contributed by atoms with Crippen molar-refractivity contribution < 1.29 is 4.79 Å². The lowest BCUT2D eigenvalue weighted by Gasteiger charge is -2.14. The fourth-order valence-corrected chi connectivity index (χ4v) is 3.86. The summed E-state index contributed by atoms with van der Waals surface area (Å²) >= 11 is 3.49. The number of rotatable bonds is 2. The Labute approximate surface area is 158 Å². The number of anilines is 1. The molecule has 0 unspecified atom stereocenters. The highest BCUT2D eigenvalue weighted by molar-refractivity contribution is 9.10. The number of carbonyl (C=O) groups is 1. The van der Waals surface area contributed by atoms with Gasteiger partial charge in [-0.15, -0.1) is 0 Å². The fourth-order valence-electron chi connectivity index (χ4n) is 3.50. The van der Waals surface area contributed by atoms with Crippen molar-refractivity contribution in [1.82, 2.24) is 9.97 Å². The van der Waals surface area contributed by atoms with Crippen LogP contribution in [-0.4, -0.2) is 15.9 Å². The average Bonchev–Trinajstić information content (AvgIpc) is 2.95. The van der Waals surface area contributed by atoms with Gasteiger partial charge in [-0.1, -0.05) is 34.1 Å². The number of benzene rings is 2. The van der Waals surface area contributed by atoms with Crippen molar-refractivity contribution in [3.8, 4) is 11.1 Å². The predicted octanol–water partition coefficient (Wildman–Crippen LogP) is 4.44. The van der Waals surface area contributed by atoms with E-state index >= 15 is 0 Å². The smallest absolute Gasteiger partial charge is 0.269 e. The van der Waals surface area contributed by atoms with Gasteiger partial charge >= 0.3 is 0 Å². The van der Waals surface area contributed by atoms with E-state index in [2.05, 4.69) is 25.9 Å². The number of hydrogen-bond donors (Lipinski definition) is 3. The van der Waals surface area contributed by atoms with Gasteiger partial charge in [0.05, 0.1) is 5.52 Å². The van der Waals surface area contributed by atoms with Crippen LogP contribution in [0.25, 0.3) is 32.9 Å². The number of nitrogens with one attached hydrogen (secondary N) is 1. The Morgan fingerprint density at radius 3 is 2.69 bits per heavy atom. The highest BCUT2D eigenvalue weighted by Gasteiger charge is 2.21. The number of nitrogen functional groups attached to an aromatic ring is 1. The Balaban J connectivity index is 2.25. The van der Waals surface area contributed by atoms with Crippen LogP contribution in [0.4, 0.5) is 5.69 Å². The van der Waals surface area contributed by atoms with E-state index in [1.807, 2.05) is 50.2 Å². The molecule has 0 radical (unpaired) electrons. The number of carbonyl (C=O) groups excluding carboxylic acids is 1. The van der Waals surface area contributed by atoms with Crippen molar-refractivity contribution in [3.63, 3.8) is 0 Å². The zero-order chi connectivity index (χ0) is 18.6. The summed E-state index contributed by atoms with van der Waals surface area (Å²) < 4.78 is 0.948. The molecule has 5 nitrogen and oxygen atoms in total. The van der Waals surface area contributed by atoms with Gasteiger partial charge in [0.25, 0.3) is 5.91 Å². The van der Waals surface area contributed by atoms with Gasteiger partial charge in [-0.3, -0.25) is 4.79 Å². The topological polar surface area (TPSA) is 97.8 Å². The molecule has 0 bridgehead atoms. The minimum Gasteiger partial charge on any atom is -0.398 e. The van der Waals surface area contributed by atoms with Gasteiger partial charge < -0.3 is 16.5 Å². The minimum atomic E-state index is -0.556. The summed E-state index contributed by atoms with van der Waals surface area (Å²) in [5, 5.41) is 1.94. The number of aromatic amines is 1. The molecule has 0 aliphatic heterocycles. The van der Waals surface area contributed by atoms with Crippen LogP contribution >= 0.6 is 15.9 Å². The molecule has 0 saturated heterocycles. The summed E-state index contributed by atoms with van der Waals surface area (Å²) in [6, 6.07) is 11.8. The van der Waals surface area contributed by atoms with E-state index in [0.29, 0.717) is 5.52 Å².